The maximum Gasteiger partial charge on any atom is 0.258 e. The molecule has 2 aromatic rings. The highest BCUT2D eigenvalue weighted by molar-refractivity contribution is 6.04. The first-order valence-electron chi connectivity index (χ1n) is 5.56. The van der Waals surface area contributed by atoms with Crippen molar-refractivity contribution in [2.75, 3.05) is 5.32 Å². The fourth-order valence-corrected chi connectivity index (χ4v) is 1.58. The van der Waals surface area contributed by atoms with Crippen molar-refractivity contribution < 1.29 is 9.18 Å². The monoisotopic (exact) mass is 244 g/mol. The van der Waals surface area contributed by atoms with Crippen molar-refractivity contribution in [3.05, 3.63) is 59.2 Å². The van der Waals surface area contributed by atoms with E-state index in [-0.39, 0.29) is 5.56 Å². The second kappa shape index (κ2) is 4.96. The molecule has 0 spiro atoms. The molecule has 18 heavy (non-hydrogen) atoms. The Balaban J connectivity index is 2.22. The van der Waals surface area contributed by atoms with E-state index in [9.17, 15) is 9.18 Å². The van der Waals surface area contributed by atoms with Crippen LogP contribution in [-0.4, -0.2) is 10.9 Å². The molecule has 0 radical (unpaired) electrons. The van der Waals surface area contributed by atoms with Gasteiger partial charge in [-0.3, -0.25) is 9.78 Å². The molecule has 1 aromatic heterocycles. The Morgan fingerprint density at radius 3 is 2.67 bits per heavy atom. The summed E-state index contributed by atoms with van der Waals surface area (Å²) in [6, 6.07) is 6.91. The van der Waals surface area contributed by atoms with Gasteiger partial charge in [0.15, 0.2) is 5.82 Å². The molecule has 0 aliphatic heterocycles. The first kappa shape index (κ1) is 12.2. The predicted molar refractivity (Wildman–Crippen MR) is 68.1 cm³/mol. The number of hydrogen-bond donors (Lipinski definition) is 1. The molecular formula is C14H13FN2O. The number of carbonyl (C=O) groups excluding carboxylic acids is 1. The van der Waals surface area contributed by atoms with E-state index in [1.165, 1.54) is 12.3 Å². The summed E-state index contributed by atoms with van der Waals surface area (Å²) in [4.78, 5) is 15.5. The minimum atomic E-state index is -0.626. The molecule has 3 nitrogen and oxygen atoms in total. The van der Waals surface area contributed by atoms with Crippen molar-refractivity contribution in [3.8, 4) is 0 Å². The summed E-state index contributed by atoms with van der Waals surface area (Å²) < 4.78 is 13.4. The number of nitrogens with zero attached hydrogens (tertiary/aromatic N) is 1. The standard InChI is InChI=1S/C14H13FN2O/c1-9-3-4-11(7-10(9)2)17-14(18)12-5-6-16-8-13(12)15/h3-8H,1-2H3,(H,17,18). The maximum atomic E-state index is 13.4. The molecule has 0 saturated heterocycles. The lowest BCUT2D eigenvalue weighted by Crippen LogP contribution is -2.14. The van der Waals surface area contributed by atoms with Crippen LogP contribution in [0.25, 0.3) is 0 Å². The molecule has 0 atom stereocenters. The third-order valence-corrected chi connectivity index (χ3v) is 2.78. The van der Waals surface area contributed by atoms with Gasteiger partial charge in [-0.05, 0) is 43.2 Å². The van der Waals surface area contributed by atoms with Crippen molar-refractivity contribution in [1.29, 1.82) is 0 Å². The van der Waals surface area contributed by atoms with Crippen molar-refractivity contribution >= 4 is 11.6 Å². The lowest BCUT2D eigenvalue weighted by atomic mass is 10.1. The summed E-state index contributed by atoms with van der Waals surface area (Å²) in [5.41, 5.74) is 2.86. The van der Waals surface area contributed by atoms with Gasteiger partial charge >= 0.3 is 0 Å². The van der Waals surface area contributed by atoms with Crippen molar-refractivity contribution in [2.45, 2.75) is 13.8 Å². The second-order valence-electron chi connectivity index (χ2n) is 4.11. The van der Waals surface area contributed by atoms with Crippen LogP contribution in [0, 0.1) is 19.7 Å². The number of rotatable bonds is 2. The van der Waals surface area contributed by atoms with E-state index in [0.29, 0.717) is 5.69 Å². The Hall–Kier alpha value is -2.23. The van der Waals surface area contributed by atoms with Gasteiger partial charge in [0.25, 0.3) is 5.91 Å². The lowest BCUT2D eigenvalue weighted by molar-refractivity contribution is 0.102. The van der Waals surface area contributed by atoms with Crippen molar-refractivity contribution in [2.24, 2.45) is 0 Å². The third kappa shape index (κ3) is 2.53. The van der Waals surface area contributed by atoms with Crippen LogP contribution in [0.4, 0.5) is 10.1 Å². The summed E-state index contributed by atoms with van der Waals surface area (Å²) in [6.45, 7) is 3.95. The number of benzene rings is 1. The Morgan fingerprint density at radius 1 is 1.22 bits per heavy atom. The van der Waals surface area contributed by atoms with Crippen LogP contribution in [0.3, 0.4) is 0 Å². The molecule has 0 fully saturated rings. The van der Waals surface area contributed by atoms with Crippen molar-refractivity contribution in [3.63, 3.8) is 0 Å². The maximum absolute atomic E-state index is 13.4. The molecule has 0 saturated carbocycles. The average Bonchev–Trinajstić information content (AvgIpc) is 2.34. The Morgan fingerprint density at radius 2 is 2.00 bits per heavy atom. The Bertz CT molecular complexity index is 596. The highest BCUT2D eigenvalue weighted by Crippen LogP contribution is 2.15. The third-order valence-electron chi connectivity index (χ3n) is 2.78. The quantitative estimate of drug-likeness (QED) is 0.882. The van der Waals surface area contributed by atoms with Gasteiger partial charge in [0.1, 0.15) is 0 Å². The smallest absolute Gasteiger partial charge is 0.258 e. The van der Waals surface area contributed by atoms with Crippen LogP contribution in [0.1, 0.15) is 21.5 Å². The van der Waals surface area contributed by atoms with Crippen LogP contribution in [0.15, 0.2) is 36.7 Å². The molecule has 1 N–H and O–H groups in total. The normalized spacial score (nSPS) is 10.2. The highest BCUT2D eigenvalue weighted by atomic mass is 19.1. The van der Waals surface area contributed by atoms with Gasteiger partial charge in [0.2, 0.25) is 0 Å². The van der Waals surface area contributed by atoms with Gasteiger partial charge in [-0.15, -0.1) is 0 Å². The molecule has 0 aliphatic carbocycles. The predicted octanol–water partition coefficient (Wildman–Crippen LogP) is 3.09. The summed E-state index contributed by atoms with van der Waals surface area (Å²) >= 11 is 0. The number of halogens is 1. The van der Waals surface area contributed by atoms with Crippen LogP contribution in [-0.2, 0) is 0 Å². The topological polar surface area (TPSA) is 42.0 Å². The van der Waals surface area contributed by atoms with Crippen LogP contribution < -0.4 is 5.32 Å². The van der Waals surface area contributed by atoms with Gasteiger partial charge in [-0.1, -0.05) is 6.07 Å². The molecule has 0 unspecified atom stereocenters. The van der Waals surface area contributed by atoms with E-state index in [1.54, 1.807) is 6.07 Å². The average molecular weight is 244 g/mol. The largest absolute Gasteiger partial charge is 0.322 e. The zero-order chi connectivity index (χ0) is 13.1. The van der Waals surface area contributed by atoms with E-state index in [1.807, 2.05) is 26.0 Å². The SMILES string of the molecule is Cc1ccc(NC(=O)c2ccncc2F)cc1C. The first-order valence-corrected chi connectivity index (χ1v) is 5.56. The number of anilines is 1. The zero-order valence-electron chi connectivity index (χ0n) is 10.2. The number of hydrogen-bond acceptors (Lipinski definition) is 2. The first-order chi connectivity index (χ1) is 8.58. The van der Waals surface area contributed by atoms with Gasteiger partial charge in [0.05, 0.1) is 11.8 Å². The molecule has 0 bridgehead atoms. The number of carbonyl (C=O) groups is 1. The van der Waals surface area contributed by atoms with Gasteiger partial charge in [-0.2, -0.15) is 0 Å². The number of amides is 1. The molecule has 2 rings (SSSR count). The summed E-state index contributed by atoms with van der Waals surface area (Å²) in [5, 5.41) is 2.66. The number of aromatic nitrogens is 1. The van der Waals surface area contributed by atoms with Crippen molar-refractivity contribution in [1.82, 2.24) is 4.98 Å². The van der Waals surface area contributed by atoms with E-state index in [4.69, 9.17) is 0 Å². The molecule has 1 aromatic carbocycles. The Labute approximate surface area is 105 Å². The Kier molecular flexibility index (Phi) is 3.37. The molecule has 92 valence electrons. The van der Waals surface area contributed by atoms with E-state index < -0.39 is 11.7 Å². The van der Waals surface area contributed by atoms with Crippen LogP contribution >= 0.6 is 0 Å². The summed E-state index contributed by atoms with van der Waals surface area (Å²) in [5.74, 6) is -1.10. The second-order valence-corrected chi connectivity index (χ2v) is 4.11. The molecule has 1 heterocycles. The fraction of sp³-hybridized carbons (Fsp3) is 0.143. The van der Waals surface area contributed by atoms with E-state index in [2.05, 4.69) is 10.3 Å². The van der Waals surface area contributed by atoms with Crippen LogP contribution in [0.5, 0.6) is 0 Å². The lowest BCUT2D eigenvalue weighted by Gasteiger charge is -2.08. The number of aryl methyl sites for hydroxylation is 2. The van der Waals surface area contributed by atoms with Gasteiger partial charge in [-0.25, -0.2) is 4.39 Å². The van der Waals surface area contributed by atoms with E-state index >= 15 is 0 Å². The highest BCUT2D eigenvalue weighted by Gasteiger charge is 2.11. The summed E-state index contributed by atoms with van der Waals surface area (Å²) in [6.07, 6.45) is 2.41. The van der Waals surface area contributed by atoms with E-state index in [0.717, 1.165) is 17.3 Å². The fourth-order valence-electron chi connectivity index (χ4n) is 1.58. The minimum Gasteiger partial charge on any atom is -0.322 e. The summed E-state index contributed by atoms with van der Waals surface area (Å²) in [7, 11) is 0. The molecule has 0 aliphatic rings. The number of nitrogens with one attached hydrogen (secondary N) is 1. The zero-order valence-corrected chi connectivity index (χ0v) is 10.2. The molecule has 1 amide bonds. The van der Waals surface area contributed by atoms with Gasteiger partial charge in [0, 0.05) is 11.9 Å². The molecular weight excluding hydrogens is 231 g/mol. The molecule has 4 heteroatoms. The number of pyridine rings is 1. The van der Waals surface area contributed by atoms with Crippen LogP contribution in [0.2, 0.25) is 0 Å². The van der Waals surface area contributed by atoms with Gasteiger partial charge < -0.3 is 5.32 Å². The minimum absolute atomic E-state index is 0.0109.